The van der Waals surface area contributed by atoms with Crippen molar-refractivity contribution < 1.29 is 24.3 Å². The lowest BCUT2D eigenvalue weighted by Gasteiger charge is -2.20. The van der Waals surface area contributed by atoms with Crippen LogP contribution in [0, 0.1) is 0 Å². The number of aromatic nitrogens is 2. The number of carbonyl (C=O) groups is 4. The van der Waals surface area contributed by atoms with Crippen LogP contribution < -0.4 is 22.1 Å². The van der Waals surface area contributed by atoms with Crippen molar-refractivity contribution in [2.24, 2.45) is 11.5 Å². The van der Waals surface area contributed by atoms with Gasteiger partial charge in [-0.15, -0.1) is 0 Å². The van der Waals surface area contributed by atoms with Gasteiger partial charge in [0, 0.05) is 18.3 Å². The van der Waals surface area contributed by atoms with Gasteiger partial charge in [-0.2, -0.15) is 0 Å². The number of nitrogens with two attached hydrogens (primary N) is 2. The summed E-state index contributed by atoms with van der Waals surface area (Å²) in [7, 11) is 0. The Morgan fingerprint density at radius 2 is 1.96 bits per heavy atom. The van der Waals surface area contributed by atoms with Crippen molar-refractivity contribution in [2.75, 3.05) is 0 Å². The van der Waals surface area contributed by atoms with Crippen molar-refractivity contribution >= 4 is 23.7 Å². The molecule has 8 N–H and O–H groups in total. The van der Waals surface area contributed by atoms with Crippen LogP contribution in [0.4, 0.5) is 0 Å². The molecule has 0 saturated heterocycles. The molecule has 1 aromatic rings. The van der Waals surface area contributed by atoms with E-state index in [1.807, 2.05) is 0 Å². The molecule has 0 fully saturated rings. The number of carboxylic acids is 1. The second-order valence-electron chi connectivity index (χ2n) is 5.18. The van der Waals surface area contributed by atoms with Gasteiger partial charge < -0.3 is 32.2 Å². The molecule has 0 aliphatic carbocycles. The molecule has 0 spiro atoms. The summed E-state index contributed by atoms with van der Waals surface area (Å²) < 4.78 is 0. The fraction of sp³-hybridized carbons (Fsp3) is 0.462. The molecule has 1 heterocycles. The summed E-state index contributed by atoms with van der Waals surface area (Å²) in [6.45, 7) is 1.37. The van der Waals surface area contributed by atoms with Crippen LogP contribution >= 0.6 is 0 Å². The van der Waals surface area contributed by atoms with Gasteiger partial charge >= 0.3 is 5.97 Å². The standard InChI is InChI=1S/C13H20N6O5/c1-6(18-13(24)8(14)3-10(20)21)12(23)19-9(11(15)22)2-7-4-16-5-17-7/h4-6,8-9H,2-3,14H2,1H3,(H2,15,22)(H,16,17)(H,18,24)(H,19,23)(H,20,21). The lowest BCUT2D eigenvalue weighted by Crippen LogP contribution is -2.54. The Labute approximate surface area is 137 Å². The fourth-order valence-corrected chi connectivity index (χ4v) is 1.80. The number of amides is 3. The lowest BCUT2D eigenvalue weighted by atomic mass is 10.1. The van der Waals surface area contributed by atoms with Gasteiger partial charge in [-0.1, -0.05) is 0 Å². The van der Waals surface area contributed by atoms with Gasteiger partial charge in [-0.3, -0.25) is 19.2 Å². The first-order valence-corrected chi connectivity index (χ1v) is 7.05. The summed E-state index contributed by atoms with van der Waals surface area (Å²) >= 11 is 0. The first kappa shape index (κ1) is 19.1. The maximum atomic E-state index is 12.1. The van der Waals surface area contributed by atoms with Crippen LogP contribution in [-0.2, 0) is 25.6 Å². The molecule has 1 aromatic heterocycles. The fourth-order valence-electron chi connectivity index (χ4n) is 1.80. The van der Waals surface area contributed by atoms with E-state index in [4.69, 9.17) is 16.6 Å². The van der Waals surface area contributed by atoms with E-state index in [9.17, 15) is 19.2 Å². The third-order valence-electron chi connectivity index (χ3n) is 3.12. The maximum Gasteiger partial charge on any atom is 0.305 e. The Morgan fingerprint density at radius 3 is 2.46 bits per heavy atom. The SMILES string of the molecule is CC(NC(=O)C(N)CC(=O)O)C(=O)NC(Cc1cnc[nH]1)C(N)=O. The van der Waals surface area contributed by atoms with E-state index in [1.165, 1.54) is 19.4 Å². The summed E-state index contributed by atoms with van der Waals surface area (Å²) in [5.41, 5.74) is 11.2. The normalized spacial score (nSPS) is 14.2. The molecule has 0 radical (unpaired) electrons. The van der Waals surface area contributed by atoms with E-state index in [-0.39, 0.29) is 6.42 Å². The summed E-state index contributed by atoms with van der Waals surface area (Å²) in [5.74, 6) is -3.43. The number of rotatable bonds is 9. The summed E-state index contributed by atoms with van der Waals surface area (Å²) in [5, 5.41) is 13.3. The van der Waals surface area contributed by atoms with Gasteiger partial charge in [-0.25, -0.2) is 4.98 Å². The van der Waals surface area contributed by atoms with Crippen molar-refractivity contribution in [3.05, 3.63) is 18.2 Å². The molecule has 3 unspecified atom stereocenters. The molecule has 3 amide bonds. The number of nitrogens with one attached hydrogen (secondary N) is 3. The van der Waals surface area contributed by atoms with Crippen molar-refractivity contribution in [3.63, 3.8) is 0 Å². The van der Waals surface area contributed by atoms with Crippen LogP contribution in [0.2, 0.25) is 0 Å². The second kappa shape index (κ2) is 8.62. The van der Waals surface area contributed by atoms with Gasteiger partial charge in [0.05, 0.1) is 18.8 Å². The number of imidazole rings is 1. The third-order valence-corrected chi connectivity index (χ3v) is 3.12. The highest BCUT2D eigenvalue weighted by Gasteiger charge is 2.25. The smallest absolute Gasteiger partial charge is 0.305 e. The molecule has 11 nitrogen and oxygen atoms in total. The molecule has 0 aliphatic heterocycles. The van der Waals surface area contributed by atoms with Gasteiger partial charge in [-0.05, 0) is 6.92 Å². The first-order valence-electron chi connectivity index (χ1n) is 7.05. The topological polar surface area (TPSA) is 193 Å². The molecule has 1 rings (SSSR count). The van der Waals surface area contributed by atoms with Crippen LogP contribution in [0.3, 0.4) is 0 Å². The number of hydrogen-bond acceptors (Lipinski definition) is 6. The molecule has 0 saturated carbocycles. The highest BCUT2D eigenvalue weighted by Crippen LogP contribution is 1.99. The first-order chi connectivity index (χ1) is 11.2. The number of carboxylic acid groups (broad SMARTS) is 1. The van der Waals surface area contributed by atoms with E-state index in [2.05, 4.69) is 20.6 Å². The Hall–Kier alpha value is -2.95. The maximum absolute atomic E-state index is 12.1. The van der Waals surface area contributed by atoms with Crippen molar-refractivity contribution in [1.82, 2.24) is 20.6 Å². The highest BCUT2D eigenvalue weighted by atomic mass is 16.4. The van der Waals surface area contributed by atoms with E-state index in [0.29, 0.717) is 5.69 Å². The van der Waals surface area contributed by atoms with E-state index in [0.717, 1.165) is 0 Å². The summed E-state index contributed by atoms with van der Waals surface area (Å²) in [6, 6.07) is -3.30. The number of carbonyl (C=O) groups excluding carboxylic acids is 3. The van der Waals surface area contributed by atoms with Crippen molar-refractivity contribution in [1.29, 1.82) is 0 Å². The van der Waals surface area contributed by atoms with Crippen LogP contribution in [0.25, 0.3) is 0 Å². The number of hydrogen-bond donors (Lipinski definition) is 6. The van der Waals surface area contributed by atoms with Gasteiger partial charge in [0.15, 0.2) is 0 Å². The number of aromatic amines is 1. The third kappa shape index (κ3) is 6.04. The quantitative estimate of drug-likeness (QED) is 0.280. The summed E-state index contributed by atoms with van der Waals surface area (Å²) in [6.07, 6.45) is 2.45. The number of aliphatic carboxylic acids is 1. The molecule has 0 aromatic carbocycles. The molecule has 3 atom stereocenters. The average Bonchev–Trinajstić information content (AvgIpc) is 2.98. The Morgan fingerprint density at radius 1 is 1.29 bits per heavy atom. The van der Waals surface area contributed by atoms with Crippen molar-refractivity contribution in [2.45, 2.75) is 37.9 Å². The molecule has 0 bridgehead atoms. The Bertz CT molecular complexity index is 602. The molecular formula is C13H20N6O5. The Kier molecular flexibility index (Phi) is 6.86. The minimum Gasteiger partial charge on any atom is -0.481 e. The van der Waals surface area contributed by atoms with Crippen LogP contribution in [-0.4, -0.2) is 56.9 Å². The average molecular weight is 340 g/mol. The Balaban J connectivity index is 2.58. The second-order valence-corrected chi connectivity index (χ2v) is 5.18. The number of primary amides is 1. The predicted octanol–water partition coefficient (Wildman–Crippen LogP) is -2.77. The lowest BCUT2D eigenvalue weighted by molar-refractivity contribution is -0.139. The molecule has 0 aliphatic rings. The highest BCUT2D eigenvalue weighted by molar-refractivity contribution is 5.93. The summed E-state index contributed by atoms with van der Waals surface area (Å²) in [4.78, 5) is 52.2. The molecular weight excluding hydrogens is 320 g/mol. The minimum absolute atomic E-state index is 0.111. The molecule has 11 heteroatoms. The van der Waals surface area contributed by atoms with Gasteiger partial charge in [0.1, 0.15) is 12.1 Å². The minimum atomic E-state index is -1.28. The van der Waals surface area contributed by atoms with Gasteiger partial charge in [0.25, 0.3) is 0 Å². The zero-order valence-electron chi connectivity index (χ0n) is 13.0. The zero-order valence-corrected chi connectivity index (χ0v) is 13.0. The van der Waals surface area contributed by atoms with Gasteiger partial charge in [0.2, 0.25) is 17.7 Å². The van der Waals surface area contributed by atoms with E-state index in [1.54, 1.807) is 0 Å². The number of nitrogens with zero attached hydrogens (tertiary/aromatic N) is 1. The van der Waals surface area contributed by atoms with Crippen molar-refractivity contribution in [3.8, 4) is 0 Å². The predicted molar refractivity (Wildman–Crippen MR) is 81.2 cm³/mol. The molecule has 132 valence electrons. The monoisotopic (exact) mass is 340 g/mol. The van der Waals surface area contributed by atoms with Crippen LogP contribution in [0.15, 0.2) is 12.5 Å². The molecule has 24 heavy (non-hydrogen) atoms. The largest absolute Gasteiger partial charge is 0.481 e. The van der Waals surface area contributed by atoms with E-state index >= 15 is 0 Å². The zero-order chi connectivity index (χ0) is 18.3. The number of H-pyrrole nitrogens is 1. The van der Waals surface area contributed by atoms with Crippen LogP contribution in [0.5, 0.6) is 0 Å². The van der Waals surface area contributed by atoms with E-state index < -0.39 is 48.2 Å². The van der Waals surface area contributed by atoms with Crippen LogP contribution in [0.1, 0.15) is 19.0 Å².